The lowest BCUT2D eigenvalue weighted by Crippen LogP contribution is -2.41. The lowest BCUT2D eigenvalue weighted by atomic mass is 10.0. The topological polar surface area (TPSA) is 23.1 Å². The van der Waals surface area contributed by atoms with Crippen molar-refractivity contribution >= 4 is 0 Å². The molecule has 0 heterocycles. The first-order chi connectivity index (χ1) is 9.48. The van der Waals surface area contributed by atoms with Crippen LogP contribution in [-0.4, -0.2) is 24.8 Å². The van der Waals surface area contributed by atoms with Crippen molar-refractivity contribution in [2.75, 3.05) is 14.1 Å². The summed E-state index contributed by atoms with van der Waals surface area (Å²) in [5.41, 5.74) is 0. The molecule has 0 unspecified atom stereocenters. The Labute approximate surface area is 128 Å². The molecule has 0 aliphatic carbocycles. The Hall–Kier alpha value is -0.0800. The van der Waals surface area contributed by atoms with Crippen molar-refractivity contribution in [3.05, 3.63) is 5.21 Å². The Morgan fingerprint density at radius 1 is 0.700 bits per heavy atom. The first-order valence-corrected chi connectivity index (χ1v) is 9.03. The molecule has 122 valence electrons. The molecule has 20 heavy (non-hydrogen) atoms. The monoisotopic (exact) mass is 285 g/mol. The minimum absolute atomic E-state index is 0.141. The van der Waals surface area contributed by atoms with Gasteiger partial charge in [0.05, 0.1) is 20.1 Å². The third kappa shape index (κ3) is 12.9. The predicted molar refractivity (Wildman–Crippen MR) is 90.6 cm³/mol. The quantitative estimate of drug-likeness (QED) is 0.217. The molecule has 0 spiro atoms. The summed E-state index contributed by atoms with van der Waals surface area (Å²) in [4.78, 5) is 0. The van der Waals surface area contributed by atoms with E-state index in [0.717, 1.165) is 6.42 Å². The van der Waals surface area contributed by atoms with E-state index in [0.29, 0.717) is 0 Å². The van der Waals surface area contributed by atoms with Gasteiger partial charge in [-0.1, -0.05) is 77.6 Å². The van der Waals surface area contributed by atoms with Crippen LogP contribution in [0.25, 0.3) is 0 Å². The molecule has 0 N–H and O–H groups in total. The molecule has 0 aliphatic rings. The second-order valence-corrected chi connectivity index (χ2v) is 6.96. The van der Waals surface area contributed by atoms with Gasteiger partial charge in [-0.3, -0.25) is 0 Å². The maximum atomic E-state index is 11.7. The molecule has 0 aromatic carbocycles. The van der Waals surface area contributed by atoms with Gasteiger partial charge in [-0.15, -0.1) is 0 Å². The molecule has 0 saturated heterocycles. The van der Waals surface area contributed by atoms with Crippen molar-refractivity contribution in [1.29, 1.82) is 0 Å². The summed E-state index contributed by atoms with van der Waals surface area (Å²) in [7, 11) is 3.51. The first-order valence-electron chi connectivity index (χ1n) is 9.03. The normalized spacial score (nSPS) is 13.7. The third-order valence-electron chi connectivity index (χ3n) is 4.54. The van der Waals surface area contributed by atoms with Gasteiger partial charge in [0.2, 0.25) is 0 Å². The van der Waals surface area contributed by atoms with Crippen LogP contribution in [-0.2, 0) is 0 Å². The van der Waals surface area contributed by atoms with E-state index in [-0.39, 0.29) is 10.7 Å². The van der Waals surface area contributed by atoms with Gasteiger partial charge in [0, 0.05) is 0 Å². The molecule has 0 aliphatic heterocycles. The van der Waals surface area contributed by atoms with Crippen molar-refractivity contribution in [2.24, 2.45) is 0 Å². The lowest BCUT2D eigenvalue weighted by molar-refractivity contribution is -0.864. The Balaban J connectivity index is 3.14. The van der Waals surface area contributed by atoms with Crippen LogP contribution in [0.5, 0.6) is 0 Å². The van der Waals surface area contributed by atoms with E-state index in [1.807, 2.05) is 0 Å². The zero-order valence-electron chi connectivity index (χ0n) is 14.6. The van der Waals surface area contributed by atoms with E-state index in [2.05, 4.69) is 13.8 Å². The average Bonchev–Trinajstić information content (AvgIpc) is 2.38. The summed E-state index contributed by atoms with van der Waals surface area (Å²) >= 11 is 0. The fourth-order valence-electron chi connectivity index (χ4n) is 2.59. The number of rotatable bonds is 14. The standard InChI is InChI=1S/C18H39NO/c1-5-6-7-8-9-10-11-12-13-14-15-16-17-18(2)19(3,4)20/h18H,5-17H2,1-4H3/t18-/m1/s1. The molecule has 0 aromatic rings. The maximum absolute atomic E-state index is 11.7. The maximum Gasteiger partial charge on any atom is 0.0854 e. The van der Waals surface area contributed by atoms with E-state index in [1.165, 1.54) is 77.0 Å². The molecule has 2 heteroatoms. The van der Waals surface area contributed by atoms with E-state index in [4.69, 9.17) is 0 Å². The van der Waals surface area contributed by atoms with Crippen LogP contribution in [0.1, 0.15) is 97.3 Å². The summed E-state index contributed by atoms with van der Waals surface area (Å²) in [6.45, 7) is 4.35. The summed E-state index contributed by atoms with van der Waals surface area (Å²) < 4.78 is -0.141. The molecule has 0 fully saturated rings. The SMILES string of the molecule is CCCCCCCCCCCCCC[C@@H](C)[N+](C)(C)[O-]. The minimum Gasteiger partial charge on any atom is -0.633 e. The zero-order chi connectivity index (χ0) is 15.3. The van der Waals surface area contributed by atoms with Gasteiger partial charge in [-0.05, 0) is 19.8 Å². The third-order valence-corrected chi connectivity index (χ3v) is 4.54. The van der Waals surface area contributed by atoms with Crippen LogP contribution in [0.3, 0.4) is 0 Å². The molecule has 0 amide bonds. The van der Waals surface area contributed by atoms with Crippen molar-refractivity contribution in [1.82, 2.24) is 0 Å². The van der Waals surface area contributed by atoms with Gasteiger partial charge in [-0.25, -0.2) is 0 Å². The highest BCUT2D eigenvalue weighted by molar-refractivity contribution is 4.54. The smallest absolute Gasteiger partial charge is 0.0854 e. The highest BCUT2D eigenvalue weighted by Crippen LogP contribution is 2.15. The van der Waals surface area contributed by atoms with E-state index in [9.17, 15) is 5.21 Å². The fraction of sp³-hybridized carbons (Fsp3) is 1.00. The van der Waals surface area contributed by atoms with Crippen LogP contribution in [0, 0.1) is 5.21 Å². The molecule has 0 radical (unpaired) electrons. The van der Waals surface area contributed by atoms with Crippen molar-refractivity contribution in [3.8, 4) is 0 Å². The highest BCUT2D eigenvalue weighted by atomic mass is 16.5. The van der Waals surface area contributed by atoms with Crippen LogP contribution in [0.15, 0.2) is 0 Å². The van der Waals surface area contributed by atoms with Gasteiger partial charge in [-0.2, -0.15) is 0 Å². The second kappa shape index (κ2) is 12.6. The van der Waals surface area contributed by atoms with Gasteiger partial charge in [0.25, 0.3) is 0 Å². The molecule has 2 nitrogen and oxygen atoms in total. The summed E-state index contributed by atoms with van der Waals surface area (Å²) in [6.07, 6.45) is 17.7. The van der Waals surface area contributed by atoms with Gasteiger partial charge in [0.15, 0.2) is 0 Å². The number of quaternary nitrogens is 1. The number of unbranched alkanes of at least 4 members (excludes halogenated alkanes) is 11. The van der Waals surface area contributed by atoms with Crippen molar-refractivity contribution < 1.29 is 4.65 Å². The van der Waals surface area contributed by atoms with E-state index in [1.54, 1.807) is 14.1 Å². The largest absolute Gasteiger partial charge is 0.633 e. The summed E-state index contributed by atoms with van der Waals surface area (Å²) in [5, 5.41) is 11.7. The fourth-order valence-corrected chi connectivity index (χ4v) is 2.59. The number of hydroxylamine groups is 3. The minimum atomic E-state index is -0.141. The van der Waals surface area contributed by atoms with E-state index < -0.39 is 0 Å². The first kappa shape index (κ1) is 19.9. The number of hydrogen-bond acceptors (Lipinski definition) is 1. The molecule has 1 atom stereocenters. The van der Waals surface area contributed by atoms with Crippen LogP contribution in [0.4, 0.5) is 0 Å². The number of hydrogen-bond donors (Lipinski definition) is 0. The van der Waals surface area contributed by atoms with Crippen LogP contribution >= 0.6 is 0 Å². The molecule has 0 aromatic heterocycles. The average molecular weight is 286 g/mol. The Kier molecular flexibility index (Phi) is 12.6. The van der Waals surface area contributed by atoms with Crippen LogP contribution in [0.2, 0.25) is 0 Å². The van der Waals surface area contributed by atoms with Gasteiger partial charge in [0.1, 0.15) is 0 Å². The second-order valence-electron chi connectivity index (χ2n) is 6.96. The molecule has 0 bridgehead atoms. The Morgan fingerprint density at radius 3 is 1.40 bits per heavy atom. The van der Waals surface area contributed by atoms with Crippen molar-refractivity contribution in [2.45, 2.75) is 103 Å². The molecule has 0 saturated carbocycles. The summed E-state index contributed by atoms with van der Waals surface area (Å²) in [5.74, 6) is 0. The lowest BCUT2D eigenvalue weighted by Gasteiger charge is -2.40. The Bertz CT molecular complexity index is 198. The zero-order valence-corrected chi connectivity index (χ0v) is 14.6. The number of nitrogens with zero attached hydrogens (tertiary/aromatic N) is 1. The van der Waals surface area contributed by atoms with Gasteiger partial charge >= 0.3 is 0 Å². The molecular weight excluding hydrogens is 246 g/mol. The predicted octanol–water partition coefficient (Wildman–Crippen LogP) is 6.04. The Morgan fingerprint density at radius 2 is 1.05 bits per heavy atom. The van der Waals surface area contributed by atoms with Gasteiger partial charge < -0.3 is 9.85 Å². The van der Waals surface area contributed by atoms with Crippen LogP contribution < -0.4 is 0 Å². The summed E-state index contributed by atoms with van der Waals surface area (Å²) in [6, 6.07) is 0.248. The van der Waals surface area contributed by atoms with E-state index >= 15 is 0 Å². The molecular formula is C18H39NO. The molecule has 0 rings (SSSR count). The van der Waals surface area contributed by atoms with Crippen molar-refractivity contribution in [3.63, 3.8) is 0 Å². The highest BCUT2D eigenvalue weighted by Gasteiger charge is 2.12.